The van der Waals surface area contributed by atoms with Gasteiger partial charge in [0.2, 0.25) is 0 Å². The van der Waals surface area contributed by atoms with E-state index in [-0.39, 0.29) is 15.4 Å². The molecule has 10 heteroatoms. The summed E-state index contributed by atoms with van der Waals surface area (Å²) >= 11 is 0. The highest BCUT2D eigenvalue weighted by molar-refractivity contribution is 8.09. The van der Waals surface area contributed by atoms with Gasteiger partial charge in [-0.3, -0.25) is 4.79 Å². The van der Waals surface area contributed by atoms with Crippen LogP contribution in [0.15, 0.2) is 101 Å². The molecule has 3 aromatic rings. The number of carbonyl (C=O) groups is 2. The average Bonchev–Trinajstić information content (AvgIpc) is 2.91. The summed E-state index contributed by atoms with van der Waals surface area (Å²) in [5, 5.41) is 2.63. The second-order valence-corrected chi connectivity index (χ2v) is 13.3. The van der Waals surface area contributed by atoms with Crippen LogP contribution in [0.2, 0.25) is 0 Å². The van der Waals surface area contributed by atoms with Crippen molar-refractivity contribution in [2.45, 2.75) is 40.2 Å². The zero-order valence-corrected chi connectivity index (χ0v) is 22.3. The van der Waals surface area contributed by atoms with E-state index in [1.54, 1.807) is 44.2 Å². The maximum Gasteiger partial charge on any atom is 0.331 e. The number of hydrogen-bond acceptors (Lipinski definition) is 7. The number of amides is 1. The normalized spacial score (nSPS) is 13.6. The summed E-state index contributed by atoms with van der Waals surface area (Å²) in [6.45, 7) is 3.17. The highest BCUT2D eigenvalue weighted by Crippen LogP contribution is 2.35. The van der Waals surface area contributed by atoms with Crippen molar-refractivity contribution in [3.63, 3.8) is 0 Å². The molecule has 0 aliphatic heterocycles. The second-order valence-electron chi connectivity index (χ2n) is 8.79. The van der Waals surface area contributed by atoms with Crippen molar-refractivity contribution in [3.8, 4) is 0 Å². The molecule has 0 radical (unpaired) electrons. The van der Waals surface area contributed by atoms with Crippen LogP contribution in [-0.4, -0.2) is 45.9 Å². The van der Waals surface area contributed by atoms with Crippen molar-refractivity contribution in [3.05, 3.63) is 96.6 Å². The first-order chi connectivity index (χ1) is 17.5. The molecule has 0 aliphatic carbocycles. The largest absolute Gasteiger partial charge is 0.467 e. The first-order valence-corrected chi connectivity index (χ1v) is 14.6. The molecule has 0 saturated heterocycles. The molecule has 0 unspecified atom stereocenters. The summed E-state index contributed by atoms with van der Waals surface area (Å²) in [7, 11) is -8.03. The maximum atomic E-state index is 13.9. The van der Waals surface area contributed by atoms with Gasteiger partial charge in [-0.05, 0) is 42.3 Å². The molecule has 3 aromatic carbocycles. The SMILES string of the molecule is COC(=O)[C@@](CC(S(=O)(=O)c1ccccc1)S(=O)(=O)c1ccccc1)(NC(=O)c1ccccc1)C(C)C. The predicted octanol–water partition coefficient (Wildman–Crippen LogP) is 3.65. The molecule has 3 rings (SSSR count). The number of esters is 1. The first kappa shape index (κ1) is 28.1. The Morgan fingerprint density at radius 1 is 0.757 bits per heavy atom. The third-order valence-electron chi connectivity index (χ3n) is 6.23. The van der Waals surface area contributed by atoms with E-state index in [0.717, 1.165) is 7.11 Å². The van der Waals surface area contributed by atoms with E-state index < -0.39 is 54.0 Å². The summed E-state index contributed by atoms with van der Waals surface area (Å²) < 4.78 is 58.4. The van der Waals surface area contributed by atoms with E-state index in [4.69, 9.17) is 4.74 Å². The lowest BCUT2D eigenvalue weighted by molar-refractivity contribution is -0.150. The average molecular weight is 544 g/mol. The van der Waals surface area contributed by atoms with E-state index in [9.17, 15) is 26.4 Å². The molecule has 1 amide bonds. The number of ether oxygens (including phenoxy) is 1. The standard InChI is InChI=1S/C27H29NO7S2/c1-20(2)27(26(30)35-3,28-25(29)21-13-7-4-8-14-21)19-24(36(31,32)22-15-9-5-10-16-22)37(33,34)23-17-11-6-12-18-23/h4-18,20,24H,19H2,1-3H3,(H,28,29)/t27-/m0/s1. The molecule has 37 heavy (non-hydrogen) atoms. The zero-order chi connectivity index (χ0) is 27.3. The van der Waals surface area contributed by atoms with Crippen LogP contribution in [0.25, 0.3) is 0 Å². The van der Waals surface area contributed by atoms with Crippen molar-refractivity contribution in [2.24, 2.45) is 5.92 Å². The van der Waals surface area contributed by atoms with Crippen molar-refractivity contribution >= 4 is 31.6 Å². The number of nitrogens with one attached hydrogen (secondary N) is 1. The monoisotopic (exact) mass is 543 g/mol. The highest BCUT2D eigenvalue weighted by Gasteiger charge is 2.52. The maximum absolute atomic E-state index is 13.9. The molecule has 0 spiro atoms. The van der Waals surface area contributed by atoms with Crippen LogP contribution in [0.3, 0.4) is 0 Å². The van der Waals surface area contributed by atoms with Crippen molar-refractivity contribution in [1.82, 2.24) is 5.32 Å². The topological polar surface area (TPSA) is 124 Å². The molecule has 0 aromatic heterocycles. The van der Waals surface area contributed by atoms with Crippen LogP contribution < -0.4 is 5.32 Å². The van der Waals surface area contributed by atoms with Gasteiger partial charge in [0, 0.05) is 12.0 Å². The Morgan fingerprint density at radius 3 is 1.54 bits per heavy atom. The smallest absolute Gasteiger partial charge is 0.331 e. The van der Waals surface area contributed by atoms with Gasteiger partial charge in [-0.2, -0.15) is 0 Å². The third kappa shape index (κ3) is 5.75. The van der Waals surface area contributed by atoms with E-state index in [2.05, 4.69) is 5.32 Å². The molecule has 0 saturated carbocycles. The molecular formula is C27H29NO7S2. The lowest BCUT2D eigenvalue weighted by atomic mass is 9.83. The minimum absolute atomic E-state index is 0.213. The highest BCUT2D eigenvalue weighted by atomic mass is 32.3. The summed E-state index contributed by atoms with van der Waals surface area (Å²) in [6, 6.07) is 22.3. The number of sulfone groups is 2. The fourth-order valence-corrected chi connectivity index (χ4v) is 8.67. The van der Waals surface area contributed by atoms with Gasteiger partial charge in [-0.25, -0.2) is 21.6 Å². The Kier molecular flexibility index (Phi) is 8.55. The second kappa shape index (κ2) is 11.3. The minimum atomic E-state index is -4.56. The predicted molar refractivity (Wildman–Crippen MR) is 139 cm³/mol. The Labute approximate surface area is 217 Å². The van der Waals surface area contributed by atoms with Crippen LogP contribution >= 0.6 is 0 Å². The summed E-state index contributed by atoms with van der Waals surface area (Å²) in [6.07, 6.45) is -0.773. The minimum Gasteiger partial charge on any atom is -0.467 e. The van der Waals surface area contributed by atoms with E-state index in [0.29, 0.717) is 0 Å². The first-order valence-electron chi connectivity index (χ1n) is 11.5. The summed E-state index contributed by atoms with van der Waals surface area (Å²) in [4.78, 5) is 26.0. The van der Waals surface area contributed by atoms with E-state index in [1.807, 2.05) is 0 Å². The quantitative estimate of drug-likeness (QED) is 0.387. The Morgan fingerprint density at radius 2 is 1.16 bits per heavy atom. The van der Waals surface area contributed by atoms with Crippen LogP contribution in [0, 0.1) is 5.92 Å². The van der Waals surface area contributed by atoms with Crippen LogP contribution in [0.4, 0.5) is 0 Å². The lowest BCUT2D eigenvalue weighted by Crippen LogP contribution is -2.61. The van der Waals surface area contributed by atoms with Gasteiger partial charge in [-0.1, -0.05) is 68.4 Å². The number of hydrogen-bond donors (Lipinski definition) is 1. The molecule has 8 nitrogen and oxygen atoms in total. The number of benzene rings is 3. The molecule has 0 aliphatic rings. The van der Waals surface area contributed by atoms with E-state index in [1.165, 1.54) is 60.7 Å². The Balaban J connectivity index is 2.23. The fraction of sp³-hybridized carbons (Fsp3) is 0.259. The van der Waals surface area contributed by atoms with Crippen LogP contribution in [0.1, 0.15) is 30.6 Å². The summed E-state index contributed by atoms with van der Waals surface area (Å²) in [5.41, 5.74) is -1.78. The molecule has 0 bridgehead atoms. The number of rotatable bonds is 10. The van der Waals surface area contributed by atoms with Gasteiger partial charge in [0.1, 0.15) is 5.54 Å². The fourth-order valence-electron chi connectivity index (χ4n) is 4.02. The Hall–Kier alpha value is -3.50. The lowest BCUT2D eigenvalue weighted by Gasteiger charge is -2.38. The molecule has 1 N–H and O–H groups in total. The van der Waals surface area contributed by atoms with Crippen molar-refractivity contribution < 1.29 is 31.2 Å². The van der Waals surface area contributed by atoms with Crippen molar-refractivity contribution in [2.75, 3.05) is 7.11 Å². The van der Waals surface area contributed by atoms with Gasteiger partial charge in [-0.15, -0.1) is 0 Å². The number of methoxy groups -OCH3 is 1. The molecule has 1 atom stereocenters. The van der Waals surface area contributed by atoms with Gasteiger partial charge >= 0.3 is 5.97 Å². The van der Waals surface area contributed by atoms with Gasteiger partial charge in [0.15, 0.2) is 24.3 Å². The van der Waals surface area contributed by atoms with E-state index >= 15 is 0 Å². The van der Waals surface area contributed by atoms with Crippen molar-refractivity contribution in [1.29, 1.82) is 0 Å². The third-order valence-corrected chi connectivity index (χ3v) is 11.3. The van der Waals surface area contributed by atoms with Gasteiger partial charge in [0.05, 0.1) is 16.9 Å². The molecule has 196 valence electrons. The molecular weight excluding hydrogens is 514 g/mol. The Bertz CT molecular complexity index is 1370. The summed E-state index contributed by atoms with van der Waals surface area (Å²) in [5.74, 6) is -2.37. The zero-order valence-electron chi connectivity index (χ0n) is 20.7. The van der Waals surface area contributed by atoms with Crippen LogP contribution in [0.5, 0.6) is 0 Å². The molecule has 0 heterocycles. The molecule has 0 fully saturated rings. The van der Waals surface area contributed by atoms with Gasteiger partial charge in [0.25, 0.3) is 5.91 Å². The van der Waals surface area contributed by atoms with Gasteiger partial charge < -0.3 is 10.1 Å². The van der Waals surface area contributed by atoms with Crippen LogP contribution in [-0.2, 0) is 29.2 Å². The number of carbonyl (C=O) groups excluding carboxylic acids is 2.